The topological polar surface area (TPSA) is 257 Å². The monoisotopic (exact) mass is 559 g/mol. The molecule has 0 spiro atoms. The van der Waals surface area contributed by atoms with Gasteiger partial charge in [-0.3, -0.25) is 14.3 Å². The minimum Gasteiger partial charge on any atom is -0.386 e. The Bertz CT molecular complexity index is 1220. The van der Waals surface area contributed by atoms with E-state index in [2.05, 4.69) is 18.2 Å². The number of ether oxygens (including phenoxy) is 1. The summed E-state index contributed by atoms with van der Waals surface area (Å²) in [5.41, 5.74) is -5.45. The molecule has 0 saturated carbocycles. The molecule has 0 amide bonds. The van der Waals surface area contributed by atoms with Crippen LogP contribution in [0.15, 0.2) is 15.8 Å². The van der Waals surface area contributed by atoms with Crippen LogP contribution in [0.1, 0.15) is 13.2 Å². The van der Waals surface area contributed by atoms with E-state index in [9.17, 15) is 38.2 Å². The van der Waals surface area contributed by atoms with Crippen molar-refractivity contribution in [1.82, 2.24) is 14.8 Å². The number of H-pyrrole nitrogens is 1. The molecule has 22 heteroatoms. The largest absolute Gasteiger partial charge is 0.490 e. The number of hydrogen-bond donors (Lipinski definition) is 6. The predicted molar refractivity (Wildman–Crippen MR) is 101 cm³/mol. The van der Waals surface area contributed by atoms with Gasteiger partial charge >= 0.3 is 29.2 Å². The second-order valence-corrected chi connectivity index (χ2v) is 10.7. The van der Waals surface area contributed by atoms with Crippen LogP contribution in [0, 0.1) is 11.3 Å². The van der Waals surface area contributed by atoms with Crippen LogP contribution < -0.4 is 11.2 Å². The molecule has 6 N–H and O–H groups in total. The van der Waals surface area contributed by atoms with E-state index in [0.29, 0.717) is 6.20 Å². The zero-order valence-corrected chi connectivity index (χ0v) is 19.2. The Morgan fingerprint density at radius 1 is 1.27 bits per heavy atom. The van der Waals surface area contributed by atoms with Crippen LogP contribution in [-0.4, -0.2) is 63.4 Å². The van der Waals surface area contributed by atoms with Crippen molar-refractivity contribution in [3.05, 3.63) is 27.0 Å². The van der Waals surface area contributed by atoms with Gasteiger partial charge in [0.1, 0.15) is 18.4 Å². The average Bonchev–Trinajstić information content (AvgIpc) is 2.83. The fourth-order valence-corrected chi connectivity index (χ4v) is 5.96. The van der Waals surface area contributed by atoms with E-state index in [-0.39, 0.29) is 4.68 Å². The van der Waals surface area contributed by atoms with Crippen molar-refractivity contribution >= 4 is 35.1 Å². The molecule has 1 fully saturated rings. The molecule has 7 atom stereocenters. The van der Waals surface area contributed by atoms with Gasteiger partial charge in [0.05, 0.1) is 6.10 Å². The lowest BCUT2D eigenvalue weighted by Crippen LogP contribution is -2.46. The first kappa shape index (κ1) is 28.0. The lowest BCUT2D eigenvalue weighted by atomic mass is 9.95. The molecule has 17 nitrogen and oxygen atoms in total. The van der Waals surface area contributed by atoms with E-state index in [4.69, 9.17) is 26.1 Å². The number of hydrogen-bond acceptors (Lipinski definition) is 11. The van der Waals surface area contributed by atoms with E-state index in [1.54, 1.807) is 16.3 Å². The number of phosphoric acid groups is 3. The smallest absolute Gasteiger partial charge is 0.386 e. The molecule has 1 aromatic rings. The molecule has 2 heterocycles. The van der Waals surface area contributed by atoms with Crippen molar-refractivity contribution in [2.75, 3.05) is 0 Å². The van der Waals surface area contributed by atoms with Gasteiger partial charge < -0.3 is 29.4 Å². The highest BCUT2D eigenvalue weighted by atomic mass is 35.5. The zero-order valence-electron chi connectivity index (χ0n) is 15.8. The van der Waals surface area contributed by atoms with Crippen molar-refractivity contribution in [2.45, 2.75) is 37.1 Å². The third-order valence-electron chi connectivity index (χ3n) is 3.76. The summed E-state index contributed by atoms with van der Waals surface area (Å²) in [5.74, 6) is 1.75. The molecule has 186 valence electrons. The quantitative estimate of drug-likeness (QED) is 0.162. The highest BCUT2D eigenvalue weighted by Crippen LogP contribution is 2.66. The molecule has 33 heavy (non-hydrogen) atoms. The first-order chi connectivity index (χ1) is 14.9. The SMILES string of the molecule is C[C@H](OP(=O)(O)OP(=O)(O)OP(=O)(O)O)[C@H]1O[C@@H](n2ncc(=O)[nH]c2=O)C(F)(C#CCl)[C@H]1O. The third kappa shape index (κ3) is 6.87. The van der Waals surface area contributed by atoms with Crippen LogP contribution in [0.3, 0.4) is 0 Å². The van der Waals surface area contributed by atoms with Gasteiger partial charge in [-0.15, -0.1) is 0 Å². The molecule has 1 aliphatic rings. The van der Waals surface area contributed by atoms with Gasteiger partial charge in [0.15, 0.2) is 0 Å². The number of aliphatic hydroxyl groups is 1. The number of nitrogens with zero attached hydrogens (tertiary/aromatic N) is 2. The Kier molecular flexibility index (Phi) is 8.27. The number of alkyl halides is 1. The standard InChI is InChI=1S/C11H14ClFN3O14P3/c1-5(28-32(23,24)30-33(25,26)29-31(20,21)22)7-8(18)11(13,2-3-12)9(27-7)16-10(19)15-6(17)4-14-16/h4-5,7-9,18H,1H3,(H,23,24)(H,25,26)(H,15,17,19)(H2,20,21,22)/t5-,7+,8-,9+,11?/m0/s1. The molecule has 3 unspecified atom stereocenters. The number of phosphoric ester groups is 1. The van der Waals surface area contributed by atoms with E-state index in [1.165, 1.54) is 0 Å². The average molecular weight is 560 g/mol. The maximum absolute atomic E-state index is 15.5. The minimum absolute atomic E-state index is 0.239. The summed E-state index contributed by atoms with van der Waals surface area (Å²) < 4.78 is 66.5. The lowest BCUT2D eigenvalue weighted by Gasteiger charge is -2.25. The van der Waals surface area contributed by atoms with Crippen LogP contribution in [-0.2, 0) is 31.6 Å². The number of aliphatic hydroxyl groups excluding tert-OH is 1. The van der Waals surface area contributed by atoms with Crippen LogP contribution in [0.2, 0.25) is 0 Å². The van der Waals surface area contributed by atoms with Gasteiger partial charge in [-0.05, 0) is 24.4 Å². The molecule has 0 radical (unpaired) electrons. The molecule has 1 saturated heterocycles. The maximum atomic E-state index is 15.5. The zero-order chi connectivity index (χ0) is 25.4. The molecular formula is C11H14ClFN3O14P3. The van der Waals surface area contributed by atoms with Gasteiger partial charge in [0.2, 0.25) is 11.9 Å². The predicted octanol–water partition coefficient (Wildman–Crippen LogP) is -1.17. The van der Waals surface area contributed by atoms with E-state index in [1.807, 2.05) is 0 Å². The number of aromatic nitrogens is 3. The van der Waals surface area contributed by atoms with Crippen molar-refractivity contribution in [3.8, 4) is 11.3 Å². The fraction of sp³-hybridized carbons (Fsp3) is 0.545. The van der Waals surface area contributed by atoms with Gasteiger partial charge in [0, 0.05) is 5.38 Å². The Hall–Kier alpha value is -1.28. The van der Waals surface area contributed by atoms with Gasteiger partial charge in [-0.2, -0.15) is 18.4 Å². The summed E-state index contributed by atoms with van der Waals surface area (Å²) in [7, 11) is -17.2. The number of rotatable bonds is 8. The first-order valence-corrected chi connectivity index (χ1v) is 13.0. The van der Waals surface area contributed by atoms with Crippen LogP contribution in [0.4, 0.5) is 4.39 Å². The second-order valence-electron chi connectivity index (χ2n) is 6.17. The highest BCUT2D eigenvalue weighted by molar-refractivity contribution is 7.66. The highest BCUT2D eigenvalue weighted by Gasteiger charge is 2.61. The lowest BCUT2D eigenvalue weighted by molar-refractivity contribution is -0.0828. The minimum atomic E-state index is -5.85. The second kappa shape index (κ2) is 9.76. The molecule has 0 aromatic carbocycles. The molecule has 1 aromatic heterocycles. The number of aromatic amines is 1. The van der Waals surface area contributed by atoms with Crippen LogP contribution in [0.25, 0.3) is 0 Å². The summed E-state index contributed by atoms with van der Waals surface area (Å²) in [4.78, 5) is 60.7. The van der Waals surface area contributed by atoms with E-state index < -0.39 is 64.9 Å². The Labute approximate surface area is 186 Å². The summed E-state index contributed by atoms with van der Waals surface area (Å²) in [6.07, 6.45) is -7.82. The Morgan fingerprint density at radius 2 is 1.88 bits per heavy atom. The molecule has 0 bridgehead atoms. The Balaban J connectivity index is 2.32. The van der Waals surface area contributed by atoms with Crippen LogP contribution >= 0.6 is 35.1 Å². The normalized spacial score (nSPS) is 30.0. The summed E-state index contributed by atoms with van der Waals surface area (Å²) in [6.45, 7) is 0.881. The van der Waals surface area contributed by atoms with Crippen molar-refractivity contribution in [3.63, 3.8) is 0 Å². The van der Waals surface area contributed by atoms with Gasteiger partial charge in [-0.1, -0.05) is 0 Å². The molecular weight excluding hydrogens is 546 g/mol. The van der Waals surface area contributed by atoms with Crippen LogP contribution in [0.5, 0.6) is 0 Å². The third-order valence-corrected chi connectivity index (χ3v) is 7.78. The molecule has 2 rings (SSSR count). The van der Waals surface area contributed by atoms with Crippen molar-refractivity contribution < 1.29 is 60.6 Å². The van der Waals surface area contributed by atoms with Crippen molar-refractivity contribution in [2.24, 2.45) is 0 Å². The molecule has 1 aliphatic heterocycles. The fourth-order valence-electron chi connectivity index (χ4n) is 2.62. The van der Waals surface area contributed by atoms with Crippen molar-refractivity contribution in [1.29, 1.82) is 0 Å². The van der Waals surface area contributed by atoms with Gasteiger partial charge in [0.25, 0.3) is 5.56 Å². The summed E-state index contributed by atoms with van der Waals surface area (Å²) in [6, 6.07) is 0. The summed E-state index contributed by atoms with van der Waals surface area (Å²) >= 11 is 5.21. The summed E-state index contributed by atoms with van der Waals surface area (Å²) in [5, 5.41) is 15.4. The Morgan fingerprint density at radius 3 is 2.39 bits per heavy atom. The maximum Gasteiger partial charge on any atom is 0.490 e. The first-order valence-electron chi connectivity index (χ1n) is 8.06. The number of halogens is 2. The number of nitrogens with one attached hydrogen (secondary N) is 1. The van der Waals surface area contributed by atoms with E-state index >= 15 is 4.39 Å². The van der Waals surface area contributed by atoms with Gasteiger partial charge in [-0.25, -0.2) is 22.9 Å². The molecule has 0 aliphatic carbocycles. The van der Waals surface area contributed by atoms with E-state index in [0.717, 1.165) is 6.92 Å².